The lowest BCUT2D eigenvalue weighted by atomic mass is 10.1. The Kier molecular flexibility index (Phi) is 6.04. The zero-order valence-electron chi connectivity index (χ0n) is 18.0. The third-order valence-corrected chi connectivity index (χ3v) is 6.63. The molecule has 2 aliphatic rings. The smallest absolute Gasteiger partial charge is 0.228 e. The van der Waals surface area contributed by atoms with Crippen molar-refractivity contribution >= 4 is 39.2 Å². The summed E-state index contributed by atoms with van der Waals surface area (Å²) in [5, 5.41) is 8.73. The van der Waals surface area contributed by atoms with Gasteiger partial charge in [-0.2, -0.15) is 0 Å². The maximum absolute atomic E-state index is 13.1. The zero-order valence-corrected chi connectivity index (χ0v) is 19.6. The molecule has 0 spiro atoms. The van der Waals surface area contributed by atoms with Crippen molar-refractivity contribution in [2.24, 2.45) is 5.92 Å². The Morgan fingerprint density at radius 3 is 2.45 bits per heavy atom. The Bertz CT molecular complexity index is 1150. The predicted octanol–water partition coefficient (Wildman–Crippen LogP) is 3.00. The van der Waals surface area contributed by atoms with E-state index in [1.54, 1.807) is 17.3 Å². The Morgan fingerprint density at radius 1 is 0.970 bits per heavy atom. The van der Waals surface area contributed by atoms with Gasteiger partial charge in [0.05, 0.1) is 11.6 Å². The summed E-state index contributed by atoms with van der Waals surface area (Å²) >= 11 is 3.45. The van der Waals surface area contributed by atoms with Gasteiger partial charge in [0.15, 0.2) is 5.82 Å². The second-order valence-corrected chi connectivity index (χ2v) is 9.13. The van der Waals surface area contributed by atoms with Crippen molar-refractivity contribution in [1.29, 1.82) is 0 Å². The van der Waals surface area contributed by atoms with Crippen molar-refractivity contribution < 1.29 is 9.59 Å². The highest BCUT2D eigenvalue weighted by Gasteiger charge is 2.38. The molecule has 0 N–H and O–H groups in total. The van der Waals surface area contributed by atoms with Gasteiger partial charge in [0.1, 0.15) is 0 Å². The standard InChI is InChI=1S/C24H23BrN6O2/c25-19-2-1-3-20(15-19)31-16-18(14-23(31)32)24(33)30-12-10-29(11-13-30)22-5-4-21(27-28-22)17-6-8-26-9-7-17/h1-9,15,18H,10-14,16H2. The minimum Gasteiger partial charge on any atom is -0.352 e. The first-order valence-corrected chi connectivity index (χ1v) is 11.7. The quantitative estimate of drug-likeness (QED) is 0.540. The van der Waals surface area contributed by atoms with Gasteiger partial charge in [0.25, 0.3) is 0 Å². The van der Waals surface area contributed by atoms with E-state index in [9.17, 15) is 9.59 Å². The molecule has 0 aliphatic carbocycles. The average Bonchev–Trinajstić information content (AvgIpc) is 3.26. The first-order chi connectivity index (χ1) is 16.1. The summed E-state index contributed by atoms with van der Waals surface area (Å²) in [7, 11) is 0. The van der Waals surface area contributed by atoms with E-state index in [-0.39, 0.29) is 24.2 Å². The van der Waals surface area contributed by atoms with Crippen molar-refractivity contribution in [2.75, 3.05) is 42.5 Å². The minimum atomic E-state index is -0.303. The van der Waals surface area contributed by atoms with E-state index in [2.05, 4.69) is 36.0 Å². The van der Waals surface area contributed by atoms with Crippen LogP contribution < -0.4 is 9.80 Å². The van der Waals surface area contributed by atoms with Crippen LogP contribution in [0.15, 0.2) is 65.4 Å². The van der Waals surface area contributed by atoms with Gasteiger partial charge in [-0.15, -0.1) is 10.2 Å². The minimum absolute atomic E-state index is 0.00496. The average molecular weight is 507 g/mol. The second kappa shape index (κ2) is 9.27. The number of nitrogens with zero attached hydrogens (tertiary/aromatic N) is 6. The maximum atomic E-state index is 13.1. The van der Waals surface area contributed by atoms with Gasteiger partial charge in [-0.05, 0) is 42.5 Å². The summed E-state index contributed by atoms with van der Waals surface area (Å²) in [4.78, 5) is 35.4. The molecule has 2 fully saturated rings. The molecule has 2 aliphatic heterocycles. The highest BCUT2D eigenvalue weighted by molar-refractivity contribution is 9.10. The van der Waals surface area contributed by atoms with Crippen LogP contribution in [0, 0.1) is 5.92 Å². The summed E-state index contributed by atoms with van der Waals surface area (Å²) in [5.41, 5.74) is 2.60. The van der Waals surface area contributed by atoms with Gasteiger partial charge in [-0.3, -0.25) is 14.6 Å². The number of halogens is 1. The molecule has 5 rings (SSSR count). The van der Waals surface area contributed by atoms with Crippen LogP contribution in [0.2, 0.25) is 0 Å². The number of rotatable bonds is 4. The molecule has 9 heteroatoms. The lowest BCUT2D eigenvalue weighted by Crippen LogP contribution is -2.51. The van der Waals surface area contributed by atoms with Gasteiger partial charge in [-0.25, -0.2) is 0 Å². The van der Waals surface area contributed by atoms with E-state index in [4.69, 9.17) is 0 Å². The van der Waals surface area contributed by atoms with Crippen molar-refractivity contribution in [3.63, 3.8) is 0 Å². The number of carbonyl (C=O) groups is 2. The fourth-order valence-corrected chi connectivity index (χ4v) is 4.74. The van der Waals surface area contributed by atoms with E-state index < -0.39 is 0 Å². The summed E-state index contributed by atoms with van der Waals surface area (Å²) in [5.74, 6) is 0.550. The van der Waals surface area contributed by atoms with E-state index in [0.717, 1.165) is 27.2 Å². The summed E-state index contributed by atoms with van der Waals surface area (Å²) in [6.07, 6.45) is 3.72. The maximum Gasteiger partial charge on any atom is 0.228 e. The van der Waals surface area contributed by atoms with Crippen LogP contribution in [0.5, 0.6) is 0 Å². The molecule has 0 radical (unpaired) electrons. The molecular weight excluding hydrogens is 484 g/mol. The Morgan fingerprint density at radius 2 is 1.76 bits per heavy atom. The molecular formula is C24H23BrN6O2. The molecule has 2 saturated heterocycles. The summed E-state index contributed by atoms with van der Waals surface area (Å²) in [6.45, 7) is 3.01. The van der Waals surface area contributed by atoms with E-state index in [1.165, 1.54) is 0 Å². The van der Waals surface area contributed by atoms with E-state index >= 15 is 0 Å². The summed E-state index contributed by atoms with van der Waals surface area (Å²) in [6, 6.07) is 15.3. The first kappa shape index (κ1) is 21.5. The molecule has 168 valence electrons. The largest absolute Gasteiger partial charge is 0.352 e. The zero-order chi connectivity index (χ0) is 22.8. The third-order valence-electron chi connectivity index (χ3n) is 6.14. The number of anilines is 2. The molecule has 0 saturated carbocycles. The van der Waals surface area contributed by atoms with Crippen LogP contribution in [0.4, 0.5) is 11.5 Å². The van der Waals surface area contributed by atoms with Crippen LogP contribution in [0.1, 0.15) is 6.42 Å². The molecule has 33 heavy (non-hydrogen) atoms. The SMILES string of the molecule is O=C(C1CC(=O)N(c2cccc(Br)c2)C1)N1CCN(c2ccc(-c3ccncc3)nn2)CC1. The Balaban J connectivity index is 1.18. The van der Waals surface area contributed by atoms with E-state index in [0.29, 0.717) is 32.7 Å². The molecule has 2 amide bonds. The number of amides is 2. The van der Waals surface area contributed by atoms with Crippen molar-refractivity contribution in [3.05, 3.63) is 65.4 Å². The van der Waals surface area contributed by atoms with Crippen LogP contribution >= 0.6 is 15.9 Å². The van der Waals surface area contributed by atoms with Crippen molar-refractivity contribution in [3.8, 4) is 11.3 Å². The fourth-order valence-electron chi connectivity index (χ4n) is 4.35. The fraction of sp³-hybridized carbons (Fsp3) is 0.292. The highest BCUT2D eigenvalue weighted by Crippen LogP contribution is 2.29. The molecule has 1 unspecified atom stereocenters. The monoisotopic (exact) mass is 506 g/mol. The number of hydrogen-bond acceptors (Lipinski definition) is 6. The van der Waals surface area contributed by atoms with Gasteiger partial charge in [0.2, 0.25) is 11.8 Å². The highest BCUT2D eigenvalue weighted by atomic mass is 79.9. The van der Waals surface area contributed by atoms with E-state index in [1.807, 2.05) is 53.4 Å². The predicted molar refractivity (Wildman–Crippen MR) is 129 cm³/mol. The number of piperazine rings is 1. The van der Waals surface area contributed by atoms with Gasteiger partial charge >= 0.3 is 0 Å². The van der Waals surface area contributed by atoms with Crippen LogP contribution in [-0.4, -0.2) is 64.6 Å². The van der Waals surface area contributed by atoms with Gasteiger partial charge < -0.3 is 14.7 Å². The molecule has 8 nitrogen and oxygen atoms in total. The van der Waals surface area contributed by atoms with Crippen LogP contribution in [0.25, 0.3) is 11.3 Å². The lowest BCUT2D eigenvalue weighted by molar-refractivity contribution is -0.136. The number of hydrogen-bond donors (Lipinski definition) is 0. The lowest BCUT2D eigenvalue weighted by Gasteiger charge is -2.36. The summed E-state index contributed by atoms with van der Waals surface area (Å²) < 4.78 is 0.913. The first-order valence-electron chi connectivity index (χ1n) is 10.9. The number of aromatic nitrogens is 3. The van der Waals surface area contributed by atoms with Crippen LogP contribution in [0.3, 0.4) is 0 Å². The Labute approximate surface area is 200 Å². The second-order valence-electron chi connectivity index (χ2n) is 8.21. The van der Waals surface area contributed by atoms with Crippen molar-refractivity contribution in [2.45, 2.75) is 6.42 Å². The molecule has 2 aromatic heterocycles. The molecule has 1 atom stereocenters. The molecule has 4 heterocycles. The van der Waals surface area contributed by atoms with Crippen LogP contribution in [-0.2, 0) is 9.59 Å². The molecule has 0 bridgehead atoms. The van der Waals surface area contributed by atoms with Gasteiger partial charge in [-0.1, -0.05) is 22.0 Å². The third kappa shape index (κ3) is 4.59. The van der Waals surface area contributed by atoms with Crippen molar-refractivity contribution in [1.82, 2.24) is 20.1 Å². The Hall–Kier alpha value is -3.33. The van der Waals surface area contributed by atoms with Gasteiger partial charge in [0, 0.05) is 67.3 Å². The molecule has 3 aromatic rings. The normalized spacial score (nSPS) is 18.6. The number of carbonyl (C=O) groups excluding carboxylic acids is 2. The topological polar surface area (TPSA) is 82.5 Å². The number of pyridine rings is 1. The number of benzene rings is 1. The molecule has 1 aromatic carbocycles.